The number of hydrogen-bond donors (Lipinski definition) is 2. The van der Waals surface area contributed by atoms with E-state index in [-0.39, 0.29) is 12.5 Å². The minimum atomic E-state index is -0.612. The van der Waals surface area contributed by atoms with Crippen LogP contribution in [0.2, 0.25) is 0 Å². The number of nitrogens with two attached hydrogens (primary N) is 1. The molecule has 1 aliphatic rings. The monoisotopic (exact) mass is 236 g/mol. The molecular weight excluding hydrogens is 220 g/mol. The lowest BCUT2D eigenvalue weighted by Gasteiger charge is -2.13. The molecule has 5 nitrogen and oxygen atoms in total. The second-order valence-corrected chi connectivity index (χ2v) is 3.87. The van der Waals surface area contributed by atoms with Gasteiger partial charge < -0.3 is 20.5 Å². The van der Waals surface area contributed by atoms with Crippen molar-refractivity contribution in [3.05, 3.63) is 23.8 Å². The molecule has 1 heterocycles. The number of ether oxygens (including phenoxy) is 2. The topological polar surface area (TPSA) is 73.6 Å². The molecule has 0 bridgehead atoms. The quantitative estimate of drug-likeness (QED) is 0.800. The molecule has 92 valence electrons. The molecule has 1 aliphatic heterocycles. The molecule has 1 aromatic rings. The summed E-state index contributed by atoms with van der Waals surface area (Å²) in [5.74, 6) is 0.666. The van der Waals surface area contributed by atoms with Crippen molar-refractivity contribution in [2.75, 3.05) is 25.6 Å². The fourth-order valence-corrected chi connectivity index (χ4v) is 1.80. The number of methoxy groups -OCH3 is 1. The minimum Gasteiger partial charge on any atom is -0.493 e. The largest absolute Gasteiger partial charge is 0.493 e. The van der Waals surface area contributed by atoms with Gasteiger partial charge in [0.15, 0.2) is 0 Å². The minimum absolute atomic E-state index is 0.163. The number of hydrogen-bond acceptors (Lipinski definition) is 4. The van der Waals surface area contributed by atoms with Gasteiger partial charge in [0.1, 0.15) is 11.9 Å². The number of anilines is 1. The Labute approximate surface area is 99.9 Å². The van der Waals surface area contributed by atoms with Gasteiger partial charge in [-0.15, -0.1) is 0 Å². The van der Waals surface area contributed by atoms with Gasteiger partial charge in [-0.25, -0.2) is 0 Å². The van der Waals surface area contributed by atoms with Crippen LogP contribution in [0.1, 0.15) is 5.56 Å². The lowest BCUT2D eigenvalue weighted by Crippen LogP contribution is -2.35. The van der Waals surface area contributed by atoms with E-state index >= 15 is 0 Å². The van der Waals surface area contributed by atoms with E-state index < -0.39 is 6.10 Å². The lowest BCUT2D eigenvalue weighted by atomic mass is 10.1. The van der Waals surface area contributed by atoms with Gasteiger partial charge in [-0.3, -0.25) is 4.79 Å². The van der Waals surface area contributed by atoms with Crippen LogP contribution in [-0.4, -0.2) is 32.3 Å². The van der Waals surface area contributed by atoms with Crippen molar-refractivity contribution in [1.29, 1.82) is 0 Å². The van der Waals surface area contributed by atoms with E-state index in [2.05, 4.69) is 5.32 Å². The third kappa shape index (κ3) is 2.57. The number of fused-ring (bicyclic) bond motifs is 1. The highest BCUT2D eigenvalue weighted by Crippen LogP contribution is 2.27. The molecule has 0 aromatic heterocycles. The molecule has 1 unspecified atom stereocenters. The van der Waals surface area contributed by atoms with Crippen LogP contribution in [0.3, 0.4) is 0 Å². The highest BCUT2D eigenvalue weighted by molar-refractivity contribution is 5.94. The van der Waals surface area contributed by atoms with Crippen LogP contribution in [0.25, 0.3) is 0 Å². The molecular formula is C12H16N2O3. The Hall–Kier alpha value is -1.59. The molecule has 17 heavy (non-hydrogen) atoms. The average Bonchev–Trinajstić information content (AvgIpc) is 2.77. The van der Waals surface area contributed by atoms with Crippen molar-refractivity contribution in [1.82, 2.24) is 0 Å². The summed E-state index contributed by atoms with van der Waals surface area (Å²) >= 11 is 0. The van der Waals surface area contributed by atoms with Crippen molar-refractivity contribution in [2.45, 2.75) is 12.5 Å². The van der Waals surface area contributed by atoms with Crippen LogP contribution in [0.15, 0.2) is 18.2 Å². The van der Waals surface area contributed by atoms with Crippen LogP contribution in [-0.2, 0) is 16.0 Å². The summed E-state index contributed by atoms with van der Waals surface area (Å²) in [6, 6.07) is 5.59. The second-order valence-electron chi connectivity index (χ2n) is 3.87. The Bertz CT molecular complexity index is 416. The predicted octanol–water partition coefficient (Wildman–Crippen LogP) is 0.534. The molecule has 0 spiro atoms. The van der Waals surface area contributed by atoms with Gasteiger partial charge in [-0.05, 0) is 23.8 Å². The summed E-state index contributed by atoms with van der Waals surface area (Å²) in [6.07, 6.45) is 0.267. The van der Waals surface area contributed by atoms with Crippen molar-refractivity contribution in [3.8, 4) is 5.75 Å². The smallest absolute Gasteiger partial charge is 0.254 e. The molecule has 0 saturated heterocycles. The summed E-state index contributed by atoms with van der Waals surface area (Å²) in [4.78, 5) is 11.7. The lowest BCUT2D eigenvalue weighted by molar-refractivity contribution is -0.125. The fraction of sp³-hybridized carbons (Fsp3) is 0.417. The maximum Gasteiger partial charge on any atom is 0.254 e. The Morgan fingerprint density at radius 2 is 2.47 bits per heavy atom. The van der Waals surface area contributed by atoms with Gasteiger partial charge in [-0.1, -0.05) is 0 Å². The standard InChI is InChI=1S/C12H16N2O3/c1-16-11(7-13)12(15)14-9-2-3-10-8(6-9)4-5-17-10/h2-3,6,11H,4-5,7,13H2,1H3,(H,14,15). The first-order valence-electron chi connectivity index (χ1n) is 5.54. The zero-order chi connectivity index (χ0) is 12.3. The van der Waals surface area contributed by atoms with E-state index in [1.165, 1.54) is 7.11 Å². The predicted molar refractivity (Wildman–Crippen MR) is 64.1 cm³/mol. The van der Waals surface area contributed by atoms with Crippen molar-refractivity contribution in [3.63, 3.8) is 0 Å². The fourth-order valence-electron chi connectivity index (χ4n) is 1.80. The Morgan fingerprint density at radius 3 is 3.18 bits per heavy atom. The van der Waals surface area contributed by atoms with Gasteiger partial charge in [0, 0.05) is 25.8 Å². The summed E-state index contributed by atoms with van der Waals surface area (Å²) in [5.41, 5.74) is 7.28. The highest BCUT2D eigenvalue weighted by atomic mass is 16.5. The molecule has 0 saturated carbocycles. The van der Waals surface area contributed by atoms with Crippen LogP contribution in [0.4, 0.5) is 5.69 Å². The molecule has 5 heteroatoms. The Balaban J connectivity index is 2.06. The molecule has 3 N–H and O–H groups in total. The number of carbonyl (C=O) groups is 1. The summed E-state index contributed by atoms with van der Waals surface area (Å²) in [7, 11) is 1.47. The summed E-state index contributed by atoms with van der Waals surface area (Å²) in [5, 5.41) is 2.77. The van der Waals surface area contributed by atoms with Crippen LogP contribution < -0.4 is 15.8 Å². The number of benzene rings is 1. The SMILES string of the molecule is COC(CN)C(=O)Nc1ccc2c(c1)CCO2. The molecule has 0 radical (unpaired) electrons. The summed E-state index contributed by atoms with van der Waals surface area (Å²) < 4.78 is 10.4. The summed E-state index contributed by atoms with van der Waals surface area (Å²) in [6.45, 7) is 0.868. The van der Waals surface area contributed by atoms with Crippen molar-refractivity contribution < 1.29 is 14.3 Å². The zero-order valence-electron chi connectivity index (χ0n) is 9.73. The van der Waals surface area contributed by atoms with E-state index in [4.69, 9.17) is 15.2 Å². The molecule has 1 atom stereocenters. The first-order chi connectivity index (χ1) is 8.24. The highest BCUT2D eigenvalue weighted by Gasteiger charge is 2.17. The molecule has 0 fully saturated rings. The second kappa shape index (κ2) is 5.16. The van der Waals surface area contributed by atoms with Crippen LogP contribution in [0.5, 0.6) is 5.75 Å². The average molecular weight is 236 g/mol. The number of rotatable bonds is 4. The van der Waals surface area contributed by atoms with E-state index in [1.54, 1.807) is 0 Å². The van der Waals surface area contributed by atoms with Gasteiger partial charge in [0.25, 0.3) is 5.91 Å². The molecule has 2 rings (SSSR count). The van der Waals surface area contributed by atoms with E-state index in [0.29, 0.717) is 6.61 Å². The zero-order valence-corrected chi connectivity index (χ0v) is 9.73. The third-order valence-corrected chi connectivity index (χ3v) is 2.75. The van der Waals surface area contributed by atoms with Gasteiger partial charge in [-0.2, -0.15) is 0 Å². The Kier molecular flexibility index (Phi) is 3.61. The van der Waals surface area contributed by atoms with Gasteiger partial charge in [0.05, 0.1) is 6.61 Å². The van der Waals surface area contributed by atoms with E-state index in [9.17, 15) is 4.79 Å². The van der Waals surface area contributed by atoms with Crippen LogP contribution >= 0.6 is 0 Å². The normalized spacial score (nSPS) is 14.9. The number of carbonyl (C=O) groups excluding carboxylic acids is 1. The molecule has 0 aliphatic carbocycles. The van der Waals surface area contributed by atoms with Crippen molar-refractivity contribution >= 4 is 11.6 Å². The van der Waals surface area contributed by atoms with Crippen LogP contribution in [0, 0.1) is 0 Å². The first-order valence-corrected chi connectivity index (χ1v) is 5.54. The van der Waals surface area contributed by atoms with Gasteiger partial charge >= 0.3 is 0 Å². The van der Waals surface area contributed by atoms with E-state index in [1.807, 2.05) is 18.2 Å². The maximum absolute atomic E-state index is 11.7. The third-order valence-electron chi connectivity index (χ3n) is 2.75. The molecule has 1 amide bonds. The van der Waals surface area contributed by atoms with Gasteiger partial charge in [0.2, 0.25) is 0 Å². The van der Waals surface area contributed by atoms with Crippen molar-refractivity contribution in [2.24, 2.45) is 5.73 Å². The maximum atomic E-state index is 11.7. The Morgan fingerprint density at radius 1 is 1.65 bits per heavy atom. The number of amides is 1. The van der Waals surface area contributed by atoms with E-state index in [0.717, 1.165) is 23.4 Å². The first kappa shape index (κ1) is 11.9. The number of nitrogens with one attached hydrogen (secondary N) is 1. The molecule has 1 aromatic carbocycles.